The number of carbonyl (C=O) groups is 1. The molecule has 0 radical (unpaired) electrons. The first-order chi connectivity index (χ1) is 10.8. The molecule has 1 N–H and O–H groups in total. The van der Waals surface area contributed by atoms with Gasteiger partial charge < -0.3 is 14.8 Å². The molecular weight excluding hydrogens is 278 g/mol. The molecule has 0 unspecified atom stereocenters. The van der Waals surface area contributed by atoms with Gasteiger partial charge in [0.1, 0.15) is 0 Å². The number of hydrogen-bond donors (Lipinski definition) is 1. The number of amides is 1. The fraction of sp³-hybridized carbons (Fsp3) is 0.278. The first kappa shape index (κ1) is 16.2. The van der Waals surface area contributed by atoms with Crippen LogP contribution in [0.25, 0.3) is 0 Å². The van der Waals surface area contributed by atoms with Crippen molar-refractivity contribution in [2.75, 3.05) is 20.3 Å². The van der Waals surface area contributed by atoms with Crippen LogP contribution in [0, 0.1) is 0 Å². The van der Waals surface area contributed by atoms with Gasteiger partial charge in [-0.15, -0.1) is 0 Å². The van der Waals surface area contributed by atoms with Gasteiger partial charge in [0.15, 0.2) is 6.23 Å². The zero-order chi connectivity index (χ0) is 15.6. The van der Waals surface area contributed by atoms with Crippen molar-refractivity contribution >= 4 is 5.91 Å². The van der Waals surface area contributed by atoms with Gasteiger partial charge >= 0.3 is 0 Å². The summed E-state index contributed by atoms with van der Waals surface area (Å²) in [6.07, 6.45) is 0.312. The van der Waals surface area contributed by atoms with Gasteiger partial charge in [0, 0.05) is 24.8 Å². The van der Waals surface area contributed by atoms with Gasteiger partial charge in [-0.3, -0.25) is 4.79 Å². The topological polar surface area (TPSA) is 47.6 Å². The molecule has 2 aromatic carbocycles. The highest BCUT2D eigenvalue weighted by Gasteiger charge is 2.15. The molecule has 0 saturated carbocycles. The minimum Gasteiger partial charge on any atom is -0.385 e. The van der Waals surface area contributed by atoms with E-state index in [1.165, 1.54) is 0 Å². The molecule has 1 atom stereocenters. The average Bonchev–Trinajstić information content (AvgIpc) is 2.59. The van der Waals surface area contributed by atoms with Crippen molar-refractivity contribution < 1.29 is 14.3 Å². The van der Waals surface area contributed by atoms with Crippen LogP contribution in [0.4, 0.5) is 0 Å². The third-order valence-electron chi connectivity index (χ3n) is 3.18. The van der Waals surface area contributed by atoms with E-state index in [-0.39, 0.29) is 5.91 Å². The van der Waals surface area contributed by atoms with E-state index in [9.17, 15) is 4.79 Å². The van der Waals surface area contributed by atoms with Crippen LogP contribution in [0.5, 0.6) is 0 Å². The molecule has 4 heteroatoms. The maximum Gasteiger partial charge on any atom is 0.253 e. The Morgan fingerprint density at radius 3 is 2.27 bits per heavy atom. The molecule has 0 aliphatic carbocycles. The van der Waals surface area contributed by atoms with Gasteiger partial charge in [-0.1, -0.05) is 48.5 Å². The van der Waals surface area contributed by atoms with E-state index in [0.29, 0.717) is 18.8 Å². The Labute approximate surface area is 131 Å². The smallest absolute Gasteiger partial charge is 0.253 e. The lowest BCUT2D eigenvalue weighted by Gasteiger charge is -2.20. The maximum absolute atomic E-state index is 12.3. The Bertz CT molecular complexity index is 557. The lowest BCUT2D eigenvalue weighted by Crippen LogP contribution is -2.30. The molecule has 0 saturated heterocycles. The summed E-state index contributed by atoms with van der Waals surface area (Å²) in [4.78, 5) is 12.3. The van der Waals surface area contributed by atoms with Crippen LogP contribution in [-0.2, 0) is 9.47 Å². The predicted molar refractivity (Wildman–Crippen MR) is 85.5 cm³/mol. The summed E-state index contributed by atoms with van der Waals surface area (Å²) >= 11 is 0. The molecule has 2 rings (SSSR count). The third kappa shape index (κ3) is 4.98. The normalized spacial score (nSPS) is 11.9. The minimum atomic E-state index is -0.467. The molecule has 1 amide bonds. The second-order valence-electron chi connectivity index (χ2n) is 4.85. The Kier molecular flexibility index (Phi) is 6.61. The van der Waals surface area contributed by atoms with Crippen molar-refractivity contribution in [3.8, 4) is 0 Å². The zero-order valence-electron chi connectivity index (χ0n) is 12.7. The van der Waals surface area contributed by atoms with Gasteiger partial charge in [-0.25, -0.2) is 0 Å². The Balaban J connectivity index is 2.02. The number of benzene rings is 2. The summed E-state index contributed by atoms with van der Waals surface area (Å²) in [6.45, 7) is 1.15. The zero-order valence-corrected chi connectivity index (χ0v) is 12.7. The highest BCUT2D eigenvalue weighted by molar-refractivity contribution is 5.94. The first-order valence-electron chi connectivity index (χ1n) is 7.32. The van der Waals surface area contributed by atoms with Crippen LogP contribution in [0.3, 0.4) is 0 Å². The molecule has 0 aromatic heterocycles. The van der Waals surface area contributed by atoms with Crippen molar-refractivity contribution in [3.63, 3.8) is 0 Å². The fourth-order valence-corrected chi connectivity index (χ4v) is 2.05. The van der Waals surface area contributed by atoms with E-state index < -0.39 is 6.23 Å². The molecular formula is C18H21NO3. The summed E-state index contributed by atoms with van der Waals surface area (Å²) in [5, 5.41) is 2.92. The average molecular weight is 299 g/mol. The molecule has 0 bridgehead atoms. The van der Waals surface area contributed by atoms with E-state index in [1.54, 1.807) is 19.2 Å². The number of rotatable bonds is 8. The minimum absolute atomic E-state index is 0.152. The van der Waals surface area contributed by atoms with Gasteiger partial charge in [0.05, 0.1) is 6.61 Å². The number of nitrogens with one attached hydrogen (secondary N) is 1. The maximum atomic E-state index is 12.3. The molecule has 22 heavy (non-hydrogen) atoms. The molecule has 0 spiro atoms. The summed E-state index contributed by atoms with van der Waals surface area (Å²) in [5.41, 5.74) is 1.54. The van der Waals surface area contributed by atoms with Crippen LogP contribution in [0.2, 0.25) is 0 Å². The van der Waals surface area contributed by atoms with Crippen LogP contribution in [0.15, 0.2) is 60.7 Å². The van der Waals surface area contributed by atoms with Gasteiger partial charge in [-0.05, 0) is 18.6 Å². The first-order valence-corrected chi connectivity index (χ1v) is 7.32. The molecule has 2 aromatic rings. The van der Waals surface area contributed by atoms with Gasteiger partial charge in [0.2, 0.25) is 0 Å². The highest BCUT2D eigenvalue weighted by Crippen LogP contribution is 2.15. The molecule has 0 fully saturated rings. The lowest BCUT2D eigenvalue weighted by molar-refractivity contribution is 0.0176. The number of methoxy groups -OCH3 is 1. The number of carbonyl (C=O) groups excluding carboxylic acids is 1. The van der Waals surface area contributed by atoms with Crippen LogP contribution >= 0.6 is 0 Å². The van der Waals surface area contributed by atoms with Gasteiger partial charge in [0.25, 0.3) is 5.91 Å². The van der Waals surface area contributed by atoms with Crippen molar-refractivity contribution in [2.24, 2.45) is 0 Å². The second kappa shape index (κ2) is 8.97. The van der Waals surface area contributed by atoms with E-state index >= 15 is 0 Å². The molecule has 0 aliphatic rings. The fourth-order valence-electron chi connectivity index (χ4n) is 2.05. The number of ether oxygens (including phenoxy) is 2. The Morgan fingerprint density at radius 2 is 1.64 bits per heavy atom. The highest BCUT2D eigenvalue weighted by atomic mass is 16.5. The Hall–Kier alpha value is -2.17. The molecule has 4 nitrogen and oxygen atoms in total. The summed E-state index contributed by atoms with van der Waals surface area (Å²) in [5.74, 6) is -0.152. The van der Waals surface area contributed by atoms with Crippen molar-refractivity contribution in [2.45, 2.75) is 12.6 Å². The van der Waals surface area contributed by atoms with E-state index in [4.69, 9.17) is 9.47 Å². The van der Waals surface area contributed by atoms with E-state index in [0.717, 1.165) is 12.0 Å². The quantitative estimate of drug-likeness (QED) is 0.601. The monoisotopic (exact) mass is 299 g/mol. The predicted octanol–water partition coefficient (Wildman–Crippen LogP) is 3.17. The van der Waals surface area contributed by atoms with Crippen LogP contribution < -0.4 is 5.32 Å². The van der Waals surface area contributed by atoms with Gasteiger partial charge in [-0.2, -0.15) is 0 Å². The van der Waals surface area contributed by atoms with Crippen LogP contribution in [-0.4, -0.2) is 26.2 Å². The van der Waals surface area contributed by atoms with Crippen molar-refractivity contribution in [3.05, 3.63) is 71.8 Å². The molecule has 0 heterocycles. The van der Waals surface area contributed by atoms with Crippen molar-refractivity contribution in [1.82, 2.24) is 5.32 Å². The summed E-state index contributed by atoms with van der Waals surface area (Å²) in [7, 11) is 1.66. The van der Waals surface area contributed by atoms with E-state index in [1.807, 2.05) is 48.5 Å². The number of hydrogen-bond acceptors (Lipinski definition) is 3. The van der Waals surface area contributed by atoms with Crippen LogP contribution in [0.1, 0.15) is 28.6 Å². The molecule has 116 valence electrons. The second-order valence-corrected chi connectivity index (χ2v) is 4.85. The summed E-state index contributed by atoms with van der Waals surface area (Å²) < 4.78 is 10.8. The third-order valence-corrected chi connectivity index (χ3v) is 3.18. The Morgan fingerprint density at radius 1 is 1.00 bits per heavy atom. The molecule has 0 aliphatic heterocycles. The largest absolute Gasteiger partial charge is 0.385 e. The van der Waals surface area contributed by atoms with E-state index in [2.05, 4.69) is 5.32 Å². The lowest BCUT2D eigenvalue weighted by atomic mass is 10.1. The standard InChI is InChI=1S/C18H21NO3/c1-21-13-8-14-22-18(16-11-6-3-7-12-16)19-17(20)15-9-4-2-5-10-15/h2-7,9-12,18H,8,13-14H2,1H3,(H,19,20)/t18-/m0/s1. The summed E-state index contributed by atoms with van der Waals surface area (Å²) in [6, 6.07) is 18.8. The SMILES string of the molecule is COCCCO[C@H](NC(=O)c1ccccc1)c1ccccc1. The van der Waals surface area contributed by atoms with Crippen molar-refractivity contribution in [1.29, 1.82) is 0 Å².